The third-order valence-electron chi connectivity index (χ3n) is 3.52. The SMILES string of the molecule is Cc1cc([N+](=O)[O-])nn1CCC(=O)N(C)Cc1c(Br)cnn1C. The summed E-state index contributed by atoms with van der Waals surface area (Å²) in [6, 6.07) is 1.39. The molecule has 0 unspecified atom stereocenters. The number of rotatable bonds is 6. The topological polar surface area (TPSA) is 99.1 Å². The zero-order valence-electron chi connectivity index (χ0n) is 13.1. The molecule has 0 aromatic carbocycles. The van der Waals surface area contributed by atoms with E-state index in [2.05, 4.69) is 26.1 Å². The minimum atomic E-state index is -0.544. The molecule has 23 heavy (non-hydrogen) atoms. The van der Waals surface area contributed by atoms with Gasteiger partial charge in [-0.2, -0.15) is 9.78 Å². The molecule has 9 nitrogen and oxygen atoms in total. The smallest absolute Gasteiger partial charge is 0.358 e. The fourth-order valence-corrected chi connectivity index (χ4v) is 2.60. The Morgan fingerprint density at radius 2 is 2.22 bits per heavy atom. The maximum absolute atomic E-state index is 12.2. The number of hydrogen-bond donors (Lipinski definition) is 0. The van der Waals surface area contributed by atoms with Crippen LogP contribution in [-0.2, 0) is 24.9 Å². The lowest BCUT2D eigenvalue weighted by Crippen LogP contribution is -2.28. The lowest BCUT2D eigenvalue weighted by Gasteiger charge is -2.17. The number of carbonyl (C=O) groups is 1. The lowest BCUT2D eigenvalue weighted by atomic mass is 10.3. The summed E-state index contributed by atoms with van der Waals surface area (Å²) in [5.74, 6) is -0.280. The summed E-state index contributed by atoms with van der Waals surface area (Å²) in [6.07, 6.45) is 1.89. The standard InChI is InChI=1S/C13H17BrN6O3/c1-9-6-12(20(22)23)16-19(9)5-4-13(21)17(2)8-11-10(14)7-15-18(11)3/h6-7H,4-5,8H2,1-3H3. The van der Waals surface area contributed by atoms with Crippen LogP contribution in [0.3, 0.4) is 0 Å². The van der Waals surface area contributed by atoms with Crippen LogP contribution in [0.1, 0.15) is 17.8 Å². The molecule has 124 valence electrons. The minimum Gasteiger partial charge on any atom is -0.358 e. The highest BCUT2D eigenvalue weighted by molar-refractivity contribution is 9.10. The van der Waals surface area contributed by atoms with Crippen molar-refractivity contribution in [3.63, 3.8) is 0 Å². The van der Waals surface area contributed by atoms with Crippen LogP contribution in [0.2, 0.25) is 0 Å². The van der Waals surface area contributed by atoms with Crippen molar-refractivity contribution in [3.8, 4) is 0 Å². The van der Waals surface area contributed by atoms with Gasteiger partial charge < -0.3 is 15.0 Å². The van der Waals surface area contributed by atoms with Gasteiger partial charge in [-0.25, -0.2) is 0 Å². The molecule has 0 spiro atoms. The van der Waals surface area contributed by atoms with E-state index in [1.807, 2.05) is 7.05 Å². The van der Waals surface area contributed by atoms with Crippen molar-refractivity contribution < 1.29 is 9.72 Å². The number of nitro groups is 1. The van der Waals surface area contributed by atoms with Crippen LogP contribution >= 0.6 is 15.9 Å². The second-order valence-electron chi connectivity index (χ2n) is 5.19. The number of hydrogen-bond acceptors (Lipinski definition) is 5. The quantitative estimate of drug-likeness (QED) is 0.556. The predicted octanol–water partition coefficient (Wildman–Crippen LogP) is 1.64. The summed E-state index contributed by atoms with van der Waals surface area (Å²) >= 11 is 3.40. The van der Waals surface area contributed by atoms with Crippen LogP contribution in [0.4, 0.5) is 5.82 Å². The Hall–Kier alpha value is -2.23. The Balaban J connectivity index is 1.95. The van der Waals surface area contributed by atoms with Gasteiger partial charge >= 0.3 is 5.82 Å². The molecule has 0 aliphatic carbocycles. The predicted molar refractivity (Wildman–Crippen MR) is 85.6 cm³/mol. The fraction of sp³-hybridized carbons (Fsp3) is 0.462. The van der Waals surface area contributed by atoms with Gasteiger partial charge in [-0.15, -0.1) is 0 Å². The van der Waals surface area contributed by atoms with Crippen molar-refractivity contribution >= 4 is 27.7 Å². The second kappa shape index (κ2) is 6.90. The first kappa shape index (κ1) is 17.1. The first-order chi connectivity index (χ1) is 10.8. The van der Waals surface area contributed by atoms with E-state index < -0.39 is 4.92 Å². The molecule has 0 saturated heterocycles. The summed E-state index contributed by atoms with van der Waals surface area (Å²) in [4.78, 5) is 24.0. The molecule has 0 atom stereocenters. The van der Waals surface area contributed by atoms with Crippen molar-refractivity contribution in [1.29, 1.82) is 0 Å². The molecule has 2 rings (SSSR count). The van der Waals surface area contributed by atoms with Gasteiger partial charge in [0.15, 0.2) is 0 Å². The molecule has 2 aromatic heterocycles. The highest BCUT2D eigenvalue weighted by atomic mass is 79.9. The number of aromatic nitrogens is 4. The maximum atomic E-state index is 12.2. The van der Waals surface area contributed by atoms with Gasteiger partial charge in [-0.3, -0.25) is 9.48 Å². The van der Waals surface area contributed by atoms with Crippen molar-refractivity contribution in [3.05, 3.63) is 38.2 Å². The van der Waals surface area contributed by atoms with Crippen LogP contribution in [-0.4, -0.2) is 42.3 Å². The molecule has 0 fully saturated rings. The molecule has 0 aliphatic rings. The Morgan fingerprint density at radius 3 is 2.74 bits per heavy atom. The molecule has 2 aromatic rings. The highest BCUT2D eigenvalue weighted by Crippen LogP contribution is 2.17. The third-order valence-corrected chi connectivity index (χ3v) is 4.18. The zero-order valence-corrected chi connectivity index (χ0v) is 14.6. The van der Waals surface area contributed by atoms with Gasteiger partial charge in [0.1, 0.15) is 0 Å². The first-order valence-corrected chi connectivity index (χ1v) is 7.68. The van der Waals surface area contributed by atoms with E-state index in [0.29, 0.717) is 18.8 Å². The third kappa shape index (κ3) is 3.95. The number of amides is 1. The van der Waals surface area contributed by atoms with E-state index in [1.165, 1.54) is 10.7 Å². The van der Waals surface area contributed by atoms with Gasteiger partial charge in [-0.1, -0.05) is 0 Å². The monoisotopic (exact) mass is 384 g/mol. The minimum absolute atomic E-state index is 0.0735. The molecule has 1 amide bonds. The molecule has 2 heterocycles. The van der Waals surface area contributed by atoms with Crippen LogP contribution < -0.4 is 0 Å². The van der Waals surface area contributed by atoms with Crippen molar-refractivity contribution in [1.82, 2.24) is 24.5 Å². The molecular formula is C13H17BrN6O3. The van der Waals surface area contributed by atoms with Gasteiger partial charge in [0.2, 0.25) is 5.91 Å². The van der Waals surface area contributed by atoms with Gasteiger partial charge in [0.05, 0.1) is 46.3 Å². The molecule has 0 radical (unpaired) electrons. The number of carbonyl (C=O) groups excluding carboxylic acids is 1. The van der Waals surface area contributed by atoms with Crippen LogP contribution in [0.25, 0.3) is 0 Å². The molecule has 0 aliphatic heterocycles. The maximum Gasteiger partial charge on any atom is 0.390 e. The van der Waals surface area contributed by atoms with Crippen LogP contribution in [0.5, 0.6) is 0 Å². The molecular weight excluding hydrogens is 368 g/mol. The van der Waals surface area contributed by atoms with E-state index in [9.17, 15) is 14.9 Å². The average molecular weight is 385 g/mol. The van der Waals surface area contributed by atoms with E-state index in [4.69, 9.17) is 0 Å². The summed E-state index contributed by atoms with van der Waals surface area (Å²) in [6.45, 7) is 2.45. The normalized spacial score (nSPS) is 10.8. The van der Waals surface area contributed by atoms with Gasteiger partial charge in [0, 0.05) is 20.5 Å². The molecule has 10 heteroatoms. The van der Waals surface area contributed by atoms with E-state index in [0.717, 1.165) is 10.2 Å². The van der Waals surface area contributed by atoms with Crippen molar-refractivity contribution in [2.75, 3.05) is 7.05 Å². The largest absolute Gasteiger partial charge is 0.390 e. The summed E-state index contributed by atoms with van der Waals surface area (Å²) in [7, 11) is 3.52. The number of nitrogens with zero attached hydrogens (tertiary/aromatic N) is 6. The van der Waals surface area contributed by atoms with E-state index >= 15 is 0 Å². The molecule has 0 saturated carbocycles. The first-order valence-electron chi connectivity index (χ1n) is 6.88. The number of halogens is 1. The van der Waals surface area contributed by atoms with Crippen molar-refractivity contribution in [2.45, 2.75) is 26.4 Å². The Labute approximate surface area is 141 Å². The average Bonchev–Trinajstić information content (AvgIpc) is 3.02. The summed E-state index contributed by atoms with van der Waals surface area (Å²) < 4.78 is 4.02. The molecule has 0 N–H and O–H groups in total. The zero-order chi connectivity index (χ0) is 17.1. The Morgan fingerprint density at radius 1 is 1.52 bits per heavy atom. The lowest BCUT2D eigenvalue weighted by molar-refractivity contribution is -0.389. The van der Waals surface area contributed by atoms with E-state index in [1.54, 1.807) is 29.7 Å². The summed E-state index contributed by atoms with van der Waals surface area (Å²) in [5, 5.41) is 18.7. The van der Waals surface area contributed by atoms with Crippen LogP contribution in [0, 0.1) is 17.0 Å². The van der Waals surface area contributed by atoms with E-state index in [-0.39, 0.29) is 18.1 Å². The summed E-state index contributed by atoms with van der Waals surface area (Å²) in [5.41, 5.74) is 1.55. The fourth-order valence-electron chi connectivity index (χ4n) is 2.13. The van der Waals surface area contributed by atoms with Crippen molar-refractivity contribution in [2.24, 2.45) is 7.05 Å². The second-order valence-corrected chi connectivity index (χ2v) is 6.04. The van der Waals surface area contributed by atoms with Crippen LogP contribution in [0.15, 0.2) is 16.7 Å². The Bertz CT molecular complexity index is 719. The van der Waals surface area contributed by atoms with Gasteiger partial charge in [0.25, 0.3) is 0 Å². The Kier molecular flexibility index (Phi) is 5.14. The number of aryl methyl sites for hydroxylation is 3. The molecule has 0 bridgehead atoms. The van der Waals surface area contributed by atoms with Gasteiger partial charge in [-0.05, 0) is 27.8 Å². The highest BCUT2D eigenvalue weighted by Gasteiger charge is 2.18.